The zero-order chi connectivity index (χ0) is 29.3. The maximum atomic E-state index is 13.1. The summed E-state index contributed by atoms with van der Waals surface area (Å²) in [5.41, 5.74) is 16.6. The maximum absolute atomic E-state index is 13.1. The van der Waals surface area contributed by atoms with Crippen molar-refractivity contribution in [2.75, 3.05) is 13.1 Å². The standard InChI is InChI=1S/C23H44N8O7/c1-13(2)12-17(31-19(34)14(25)6-3-4-10-24)21(36)29-15(8-9-18(32)33)20(35)30-16(22(37)38)7-5-11-28-23(26)27/h13-17H,3-12,24-25H2,1-2H3,(H,29,36)(H,30,35)(H,31,34)(H,32,33)(H,37,38)(H4,26,27,28)/t14-,15-,16-,17-/m0/s1. The number of carboxylic acid groups (broad SMARTS) is 2. The lowest BCUT2D eigenvalue weighted by molar-refractivity contribution is -0.143. The van der Waals surface area contributed by atoms with Crippen LogP contribution in [0.5, 0.6) is 0 Å². The normalized spacial score (nSPS) is 14.0. The summed E-state index contributed by atoms with van der Waals surface area (Å²) in [6.07, 6.45) is 1.42. The van der Waals surface area contributed by atoms with E-state index >= 15 is 0 Å². The van der Waals surface area contributed by atoms with Crippen LogP contribution < -0.4 is 38.5 Å². The minimum absolute atomic E-state index is 0.00493. The molecule has 0 bridgehead atoms. The molecule has 0 saturated carbocycles. The van der Waals surface area contributed by atoms with Crippen LogP contribution in [0.1, 0.15) is 65.2 Å². The van der Waals surface area contributed by atoms with Crippen molar-refractivity contribution >= 4 is 35.6 Å². The number of nitrogens with two attached hydrogens (primary N) is 3. The second kappa shape index (κ2) is 18.7. The Labute approximate surface area is 222 Å². The van der Waals surface area contributed by atoms with Crippen LogP contribution in [0, 0.1) is 11.3 Å². The summed E-state index contributed by atoms with van der Waals surface area (Å²) >= 11 is 0. The van der Waals surface area contributed by atoms with Crippen LogP contribution in [0.3, 0.4) is 0 Å². The lowest BCUT2D eigenvalue weighted by Gasteiger charge is -2.26. The fourth-order valence-corrected chi connectivity index (χ4v) is 3.49. The Morgan fingerprint density at radius 3 is 1.92 bits per heavy atom. The summed E-state index contributed by atoms with van der Waals surface area (Å²) < 4.78 is 0. The van der Waals surface area contributed by atoms with Gasteiger partial charge in [-0.15, -0.1) is 0 Å². The number of amides is 3. The van der Waals surface area contributed by atoms with Gasteiger partial charge in [0.2, 0.25) is 17.7 Å². The van der Waals surface area contributed by atoms with E-state index < -0.39 is 60.2 Å². The van der Waals surface area contributed by atoms with Crippen molar-refractivity contribution < 1.29 is 34.2 Å². The van der Waals surface area contributed by atoms with Crippen molar-refractivity contribution in [1.82, 2.24) is 21.3 Å². The number of aliphatic carboxylic acids is 2. The van der Waals surface area contributed by atoms with Crippen molar-refractivity contribution in [3.63, 3.8) is 0 Å². The monoisotopic (exact) mass is 544 g/mol. The molecule has 15 heteroatoms. The number of nitrogens with one attached hydrogen (secondary N) is 5. The minimum atomic E-state index is -1.36. The molecule has 218 valence electrons. The average Bonchev–Trinajstić information content (AvgIpc) is 2.82. The van der Waals surface area contributed by atoms with Gasteiger partial charge in [0, 0.05) is 13.0 Å². The molecule has 0 aromatic rings. The number of guanidine groups is 1. The first-order valence-corrected chi connectivity index (χ1v) is 12.7. The van der Waals surface area contributed by atoms with E-state index in [2.05, 4.69) is 21.3 Å². The van der Waals surface area contributed by atoms with Crippen LogP contribution in [0.2, 0.25) is 0 Å². The number of rotatable bonds is 20. The van der Waals surface area contributed by atoms with Gasteiger partial charge in [-0.1, -0.05) is 20.3 Å². The van der Waals surface area contributed by atoms with Crippen molar-refractivity contribution in [3.8, 4) is 0 Å². The highest BCUT2D eigenvalue weighted by molar-refractivity contribution is 5.94. The molecule has 0 aliphatic rings. The maximum Gasteiger partial charge on any atom is 0.326 e. The second-order valence-corrected chi connectivity index (χ2v) is 9.46. The topological polar surface area (TPSA) is 276 Å². The molecule has 0 radical (unpaired) electrons. The lowest BCUT2D eigenvalue weighted by Crippen LogP contribution is -2.57. The number of hydrogen-bond donors (Lipinski definition) is 10. The van der Waals surface area contributed by atoms with E-state index in [0.717, 1.165) is 0 Å². The van der Waals surface area contributed by atoms with E-state index in [-0.39, 0.29) is 44.1 Å². The average molecular weight is 545 g/mol. The molecular weight excluding hydrogens is 500 g/mol. The van der Waals surface area contributed by atoms with Gasteiger partial charge in [-0.3, -0.25) is 24.6 Å². The Bertz CT molecular complexity index is 809. The van der Waals surface area contributed by atoms with Gasteiger partial charge in [0.1, 0.15) is 18.1 Å². The Hall–Kier alpha value is -3.46. The molecule has 0 aliphatic carbocycles. The quantitative estimate of drug-likeness (QED) is 0.0461. The van der Waals surface area contributed by atoms with E-state index in [4.69, 9.17) is 27.7 Å². The molecular formula is C23H44N8O7. The van der Waals surface area contributed by atoms with Crippen LogP contribution in [0.15, 0.2) is 0 Å². The third-order valence-corrected chi connectivity index (χ3v) is 5.53. The largest absolute Gasteiger partial charge is 0.481 e. The number of hydrogen-bond acceptors (Lipinski definition) is 8. The van der Waals surface area contributed by atoms with Gasteiger partial charge in [0.05, 0.1) is 6.04 Å². The first-order valence-electron chi connectivity index (χ1n) is 12.7. The number of carbonyl (C=O) groups is 5. The molecule has 0 aliphatic heterocycles. The molecule has 0 aromatic carbocycles. The van der Waals surface area contributed by atoms with Crippen molar-refractivity contribution in [1.29, 1.82) is 5.41 Å². The zero-order valence-electron chi connectivity index (χ0n) is 22.1. The van der Waals surface area contributed by atoms with Crippen molar-refractivity contribution in [3.05, 3.63) is 0 Å². The molecule has 38 heavy (non-hydrogen) atoms. The number of carbonyl (C=O) groups excluding carboxylic acids is 3. The molecule has 13 N–H and O–H groups in total. The Balaban J connectivity index is 5.47. The van der Waals surface area contributed by atoms with Crippen LogP contribution >= 0.6 is 0 Å². The Morgan fingerprint density at radius 1 is 0.816 bits per heavy atom. The summed E-state index contributed by atoms with van der Waals surface area (Å²) in [6.45, 7) is 4.34. The highest BCUT2D eigenvalue weighted by atomic mass is 16.4. The predicted octanol–water partition coefficient (Wildman–Crippen LogP) is -1.84. The molecule has 0 aromatic heterocycles. The summed E-state index contributed by atoms with van der Waals surface area (Å²) in [7, 11) is 0. The van der Waals surface area contributed by atoms with Gasteiger partial charge < -0.3 is 48.7 Å². The molecule has 0 saturated heterocycles. The van der Waals surface area contributed by atoms with Gasteiger partial charge in [0.25, 0.3) is 0 Å². The van der Waals surface area contributed by atoms with Gasteiger partial charge in [-0.2, -0.15) is 0 Å². The number of unbranched alkanes of at least 4 members (excludes halogenated alkanes) is 1. The fourth-order valence-electron chi connectivity index (χ4n) is 3.49. The highest BCUT2D eigenvalue weighted by Gasteiger charge is 2.31. The summed E-state index contributed by atoms with van der Waals surface area (Å²) in [5, 5.41) is 35.6. The molecule has 0 heterocycles. The van der Waals surface area contributed by atoms with Gasteiger partial charge >= 0.3 is 11.9 Å². The van der Waals surface area contributed by atoms with Crippen LogP contribution in [0.4, 0.5) is 0 Å². The molecule has 4 atom stereocenters. The minimum Gasteiger partial charge on any atom is -0.481 e. The van der Waals surface area contributed by atoms with E-state index in [1.165, 1.54) is 0 Å². The lowest BCUT2D eigenvalue weighted by atomic mass is 10.0. The molecule has 0 spiro atoms. The van der Waals surface area contributed by atoms with Gasteiger partial charge in [-0.05, 0) is 51.0 Å². The van der Waals surface area contributed by atoms with E-state index in [0.29, 0.717) is 25.8 Å². The van der Waals surface area contributed by atoms with Crippen LogP contribution in [-0.4, -0.2) is 83.1 Å². The van der Waals surface area contributed by atoms with Crippen LogP contribution in [0.25, 0.3) is 0 Å². The SMILES string of the molecule is CC(C)C[C@H](NC(=O)[C@@H](N)CCCCN)C(=O)N[C@@H](CCC(=O)O)C(=O)N[C@@H](CCCNC(=N)N)C(=O)O. The van der Waals surface area contributed by atoms with Gasteiger partial charge in [0.15, 0.2) is 5.96 Å². The van der Waals surface area contributed by atoms with Crippen LogP contribution in [-0.2, 0) is 24.0 Å². The second-order valence-electron chi connectivity index (χ2n) is 9.46. The van der Waals surface area contributed by atoms with E-state index in [1.54, 1.807) is 0 Å². The third-order valence-electron chi connectivity index (χ3n) is 5.53. The smallest absolute Gasteiger partial charge is 0.326 e. The molecule has 0 rings (SSSR count). The first-order chi connectivity index (χ1) is 17.8. The Morgan fingerprint density at radius 2 is 1.39 bits per heavy atom. The summed E-state index contributed by atoms with van der Waals surface area (Å²) in [5.74, 6) is -4.97. The van der Waals surface area contributed by atoms with Crippen molar-refractivity contribution in [2.45, 2.75) is 89.4 Å². The summed E-state index contributed by atoms with van der Waals surface area (Å²) in [4.78, 5) is 61.3. The molecule has 0 fully saturated rings. The molecule has 15 nitrogen and oxygen atoms in total. The first kappa shape index (κ1) is 34.5. The predicted molar refractivity (Wildman–Crippen MR) is 140 cm³/mol. The van der Waals surface area contributed by atoms with Gasteiger partial charge in [-0.25, -0.2) is 4.79 Å². The highest BCUT2D eigenvalue weighted by Crippen LogP contribution is 2.09. The summed E-state index contributed by atoms with van der Waals surface area (Å²) in [6, 6.07) is -4.58. The molecule has 0 unspecified atom stereocenters. The van der Waals surface area contributed by atoms with E-state index in [9.17, 15) is 29.1 Å². The zero-order valence-corrected chi connectivity index (χ0v) is 22.1. The third kappa shape index (κ3) is 15.6. The molecule has 3 amide bonds. The Kier molecular flexibility index (Phi) is 17.0. The van der Waals surface area contributed by atoms with Crippen molar-refractivity contribution in [2.24, 2.45) is 23.1 Å². The number of carboxylic acids is 2. The fraction of sp³-hybridized carbons (Fsp3) is 0.739. The van der Waals surface area contributed by atoms with E-state index in [1.807, 2.05) is 13.8 Å².